The second-order valence-electron chi connectivity index (χ2n) is 4.75. The number of hydrogen-bond donors (Lipinski definition) is 2. The minimum Gasteiger partial charge on any atom is -0.506 e. The van der Waals surface area contributed by atoms with Crippen LogP contribution in [0.2, 0.25) is 0 Å². The molecule has 1 heterocycles. The van der Waals surface area contributed by atoms with Gasteiger partial charge in [0.15, 0.2) is 0 Å². The first-order chi connectivity index (χ1) is 10.8. The van der Waals surface area contributed by atoms with Crippen LogP contribution in [0.1, 0.15) is 5.56 Å². The topological polar surface area (TPSA) is 66.0 Å². The summed E-state index contributed by atoms with van der Waals surface area (Å²) in [5.74, 6) is -2.93. The van der Waals surface area contributed by atoms with Crippen LogP contribution >= 0.6 is 0 Å². The van der Waals surface area contributed by atoms with Gasteiger partial charge in [-0.15, -0.1) is 0 Å². The van der Waals surface area contributed by atoms with Gasteiger partial charge in [0.2, 0.25) is 0 Å². The molecule has 0 amide bonds. The first-order valence-electron chi connectivity index (χ1n) is 6.37. The average Bonchev–Trinajstić information content (AvgIpc) is 2.46. The standard InChI is InChI=1S/C15H8F4N2O2/c16-9-6-5-8(15(17,18)19)12(22)11(9)13-20-10-4-2-1-3-7(10)14(23)21-13/h1-6,22H,(H,20,21,23). The molecule has 0 atom stereocenters. The van der Waals surface area contributed by atoms with Gasteiger partial charge in [-0.05, 0) is 24.3 Å². The fourth-order valence-electron chi connectivity index (χ4n) is 2.23. The molecule has 0 spiro atoms. The van der Waals surface area contributed by atoms with Crippen molar-refractivity contribution in [3.8, 4) is 17.1 Å². The van der Waals surface area contributed by atoms with E-state index in [9.17, 15) is 27.5 Å². The van der Waals surface area contributed by atoms with Crippen LogP contribution in [0.5, 0.6) is 5.75 Å². The number of benzene rings is 2. The highest BCUT2D eigenvalue weighted by Gasteiger charge is 2.36. The summed E-state index contributed by atoms with van der Waals surface area (Å²) in [6.07, 6.45) is -4.87. The van der Waals surface area contributed by atoms with E-state index in [1.165, 1.54) is 12.1 Å². The normalized spacial score (nSPS) is 11.8. The van der Waals surface area contributed by atoms with Gasteiger partial charge in [-0.2, -0.15) is 13.2 Å². The Kier molecular flexibility index (Phi) is 3.32. The summed E-state index contributed by atoms with van der Waals surface area (Å²) in [5.41, 5.74) is -2.70. The van der Waals surface area contributed by atoms with Crippen molar-refractivity contribution in [3.63, 3.8) is 0 Å². The Morgan fingerprint density at radius 1 is 1.09 bits per heavy atom. The maximum atomic E-state index is 13.9. The van der Waals surface area contributed by atoms with Crippen molar-refractivity contribution < 1.29 is 22.7 Å². The fourth-order valence-corrected chi connectivity index (χ4v) is 2.23. The summed E-state index contributed by atoms with van der Waals surface area (Å²) < 4.78 is 52.4. The lowest BCUT2D eigenvalue weighted by atomic mass is 10.1. The van der Waals surface area contributed by atoms with Crippen LogP contribution in [0, 0.1) is 5.82 Å². The third-order valence-electron chi connectivity index (χ3n) is 3.28. The van der Waals surface area contributed by atoms with Gasteiger partial charge in [-0.3, -0.25) is 4.79 Å². The molecule has 0 unspecified atom stereocenters. The van der Waals surface area contributed by atoms with Crippen molar-refractivity contribution in [3.05, 3.63) is 58.1 Å². The molecule has 23 heavy (non-hydrogen) atoms. The molecule has 2 aromatic carbocycles. The van der Waals surface area contributed by atoms with Gasteiger partial charge in [-0.25, -0.2) is 9.37 Å². The molecular formula is C15H8F4N2O2. The Hall–Kier alpha value is -2.90. The Morgan fingerprint density at radius 3 is 2.48 bits per heavy atom. The Morgan fingerprint density at radius 2 is 1.78 bits per heavy atom. The van der Waals surface area contributed by atoms with Gasteiger partial charge < -0.3 is 10.1 Å². The maximum absolute atomic E-state index is 13.9. The summed E-state index contributed by atoms with van der Waals surface area (Å²) in [6, 6.07) is 7.06. The van der Waals surface area contributed by atoms with Crippen LogP contribution in [-0.4, -0.2) is 15.1 Å². The number of halogens is 4. The molecule has 0 bridgehead atoms. The average molecular weight is 324 g/mol. The van der Waals surface area contributed by atoms with Crippen molar-refractivity contribution in [2.45, 2.75) is 6.18 Å². The Bertz CT molecular complexity index is 964. The largest absolute Gasteiger partial charge is 0.506 e. The van der Waals surface area contributed by atoms with Crippen LogP contribution in [0.25, 0.3) is 22.3 Å². The van der Waals surface area contributed by atoms with Crippen LogP contribution < -0.4 is 5.56 Å². The number of nitrogens with one attached hydrogen (secondary N) is 1. The summed E-state index contributed by atoms with van der Waals surface area (Å²) in [7, 11) is 0. The van der Waals surface area contributed by atoms with Gasteiger partial charge >= 0.3 is 6.18 Å². The molecule has 8 heteroatoms. The van der Waals surface area contributed by atoms with Crippen LogP contribution in [-0.2, 0) is 6.18 Å². The molecule has 0 aliphatic rings. The highest BCUT2D eigenvalue weighted by atomic mass is 19.4. The number of nitrogens with zero attached hydrogens (tertiary/aromatic N) is 1. The van der Waals surface area contributed by atoms with E-state index in [2.05, 4.69) is 9.97 Å². The quantitative estimate of drug-likeness (QED) is 0.674. The molecule has 2 N–H and O–H groups in total. The smallest absolute Gasteiger partial charge is 0.419 e. The fraction of sp³-hybridized carbons (Fsp3) is 0.0667. The van der Waals surface area contributed by atoms with E-state index in [-0.39, 0.29) is 10.9 Å². The molecule has 1 aromatic heterocycles. The molecule has 118 valence electrons. The molecular weight excluding hydrogens is 316 g/mol. The minimum atomic E-state index is -4.87. The van der Waals surface area contributed by atoms with Crippen LogP contribution in [0.15, 0.2) is 41.2 Å². The predicted octanol–water partition coefficient (Wildman–Crippen LogP) is 3.45. The third kappa shape index (κ3) is 2.52. The van der Waals surface area contributed by atoms with Crippen molar-refractivity contribution >= 4 is 10.9 Å². The summed E-state index contributed by atoms with van der Waals surface area (Å²) in [4.78, 5) is 18.1. The SMILES string of the molecule is O=c1[nH]c(-c2c(F)ccc(C(F)(F)F)c2O)nc2ccccc12. The highest BCUT2D eigenvalue weighted by Crippen LogP contribution is 2.41. The van der Waals surface area contributed by atoms with Gasteiger partial charge in [-0.1, -0.05) is 12.1 Å². The van der Waals surface area contributed by atoms with Crippen molar-refractivity contribution in [1.29, 1.82) is 0 Å². The van der Waals surface area contributed by atoms with E-state index in [0.29, 0.717) is 12.1 Å². The molecule has 0 saturated heterocycles. The number of rotatable bonds is 1. The van der Waals surface area contributed by atoms with E-state index < -0.39 is 40.3 Å². The second-order valence-corrected chi connectivity index (χ2v) is 4.75. The lowest BCUT2D eigenvalue weighted by molar-refractivity contribution is -0.138. The molecule has 0 fully saturated rings. The van der Waals surface area contributed by atoms with E-state index in [0.717, 1.165) is 0 Å². The monoisotopic (exact) mass is 324 g/mol. The first-order valence-corrected chi connectivity index (χ1v) is 6.37. The number of phenolic OH excluding ortho intramolecular Hbond substituents is 1. The summed E-state index contributed by atoms with van der Waals surface area (Å²) in [5, 5.41) is 10.00. The van der Waals surface area contributed by atoms with E-state index in [1.54, 1.807) is 12.1 Å². The second kappa shape index (κ2) is 5.08. The zero-order valence-electron chi connectivity index (χ0n) is 11.3. The zero-order valence-corrected chi connectivity index (χ0v) is 11.3. The minimum absolute atomic E-state index is 0.169. The Labute approximate surface area is 126 Å². The van der Waals surface area contributed by atoms with Crippen LogP contribution in [0.4, 0.5) is 17.6 Å². The summed E-state index contributed by atoms with van der Waals surface area (Å²) in [6.45, 7) is 0. The van der Waals surface area contributed by atoms with E-state index >= 15 is 0 Å². The lowest BCUT2D eigenvalue weighted by Crippen LogP contribution is -2.11. The number of para-hydroxylation sites is 1. The van der Waals surface area contributed by atoms with Gasteiger partial charge in [0.25, 0.3) is 5.56 Å². The van der Waals surface area contributed by atoms with Crippen molar-refractivity contribution in [1.82, 2.24) is 9.97 Å². The summed E-state index contributed by atoms with van der Waals surface area (Å²) >= 11 is 0. The number of aromatic amines is 1. The molecule has 3 aromatic rings. The molecule has 0 aliphatic carbocycles. The number of H-pyrrole nitrogens is 1. The number of alkyl halides is 3. The lowest BCUT2D eigenvalue weighted by Gasteiger charge is -2.13. The number of fused-ring (bicyclic) bond motifs is 1. The van der Waals surface area contributed by atoms with Gasteiger partial charge in [0, 0.05) is 0 Å². The van der Waals surface area contributed by atoms with Gasteiger partial charge in [0.1, 0.15) is 17.4 Å². The zero-order chi connectivity index (χ0) is 16.8. The number of phenols is 1. The van der Waals surface area contributed by atoms with Gasteiger partial charge in [0.05, 0.1) is 22.0 Å². The van der Waals surface area contributed by atoms with E-state index in [4.69, 9.17) is 0 Å². The molecule has 0 saturated carbocycles. The molecule has 3 rings (SSSR count). The van der Waals surface area contributed by atoms with Crippen molar-refractivity contribution in [2.75, 3.05) is 0 Å². The highest BCUT2D eigenvalue weighted by molar-refractivity contribution is 5.80. The van der Waals surface area contributed by atoms with Crippen LogP contribution in [0.3, 0.4) is 0 Å². The molecule has 0 radical (unpaired) electrons. The van der Waals surface area contributed by atoms with E-state index in [1.807, 2.05) is 0 Å². The predicted molar refractivity (Wildman–Crippen MR) is 74.4 cm³/mol. The third-order valence-corrected chi connectivity index (χ3v) is 3.28. The number of aromatic hydroxyl groups is 1. The number of hydrogen-bond acceptors (Lipinski definition) is 3. The maximum Gasteiger partial charge on any atom is 0.419 e. The first kappa shape index (κ1) is 15.0. The Balaban J connectivity index is 2.33. The van der Waals surface area contributed by atoms with Crippen molar-refractivity contribution in [2.24, 2.45) is 0 Å². The number of aromatic nitrogens is 2. The molecule has 0 aliphatic heterocycles. The molecule has 4 nitrogen and oxygen atoms in total.